The molecular formula is C21H18ClNO3S. The van der Waals surface area contributed by atoms with Crippen LogP contribution in [0.1, 0.15) is 51.6 Å². The number of benzene rings is 2. The maximum Gasteiger partial charge on any atom is 0.198 e. The average Bonchev–Trinajstić information content (AvgIpc) is 3.39. The third-order valence-electron chi connectivity index (χ3n) is 4.81. The summed E-state index contributed by atoms with van der Waals surface area (Å²) in [6.07, 6.45) is 5.63. The first kappa shape index (κ1) is 18.1. The van der Waals surface area contributed by atoms with Gasteiger partial charge in [0.1, 0.15) is 0 Å². The van der Waals surface area contributed by atoms with Gasteiger partial charge in [0, 0.05) is 34.1 Å². The Labute approximate surface area is 165 Å². The molecule has 4 rings (SSSR count). The number of aromatic nitrogens is 1. The van der Waals surface area contributed by atoms with Gasteiger partial charge in [-0.15, -0.1) is 0 Å². The first-order valence-electron chi connectivity index (χ1n) is 8.74. The summed E-state index contributed by atoms with van der Waals surface area (Å²) in [5.41, 5.74) is 2.75. The van der Waals surface area contributed by atoms with E-state index in [1.54, 1.807) is 24.5 Å². The Bertz CT molecular complexity index is 1040. The SMILES string of the molecule is CS(=O)c1cccc(Cl)c1Cc1ccccc1C(=O)c1cnoc1C1CC1. The monoisotopic (exact) mass is 399 g/mol. The quantitative estimate of drug-likeness (QED) is 0.560. The van der Waals surface area contributed by atoms with Gasteiger partial charge in [0.2, 0.25) is 0 Å². The molecule has 138 valence electrons. The van der Waals surface area contributed by atoms with Crippen LogP contribution < -0.4 is 0 Å². The van der Waals surface area contributed by atoms with Crippen LogP contribution in [0.5, 0.6) is 0 Å². The van der Waals surface area contributed by atoms with E-state index in [1.807, 2.05) is 24.3 Å². The highest BCUT2D eigenvalue weighted by Crippen LogP contribution is 2.42. The predicted molar refractivity (Wildman–Crippen MR) is 105 cm³/mol. The molecule has 1 heterocycles. The Balaban J connectivity index is 1.74. The van der Waals surface area contributed by atoms with Crippen LogP contribution in [-0.4, -0.2) is 21.4 Å². The van der Waals surface area contributed by atoms with Crippen molar-refractivity contribution in [2.45, 2.75) is 30.1 Å². The standard InChI is InChI=1S/C21H18ClNO3S/c1-27(25)19-8-4-7-18(22)16(19)11-14-5-2-3-6-15(14)20(24)17-12-23-26-21(17)13-9-10-13/h2-8,12-13H,9-11H2,1H3. The second-order valence-corrected chi connectivity index (χ2v) is 8.47. The van der Waals surface area contributed by atoms with Crippen molar-refractivity contribution in [3.63, 3.8) is 0 Å². The van der Waals surface area contributed by atoms with Gasteiger partial charge in [-0.05, 0) is 36.1 Å². The fourth-order valence-electron chi connectivity index (χ4n) is 3.27. The van der Waals surface area contributed by atoms with Crippen LogP contribution >= 0.6 is 11.6 Å². The van der Waals surface area contributed by atoms with Crippen molar-refractivity contribution in [3.8, 4) is 0 Å². The van der Waals surface area contributed by atoms with Gasteiger partial charge < -0.3 is 4.52 Å². The zero-order valence-electron chi connectivity index (χ0n) is 14.8. The first-order chi connectivity index (χ1) is 13.1. The van der Waals surface area contributed by atoms with Crippen molar-refractivity contribution in [2.24, 2.45) is 0 Å². The number of hydrogen-bond acceptors (Lipinski definition) is 4. The molecule has 1 unspecified atom stereocenters. The molecule has 0 radical (unpaired) electrons. The molecule has 1 aliphatic carbocycles. The summed E-state index contributed by atoms with van der Waals surface area (Å²) in [5.74, 6) is 0.888. The molecule has 1 fully saturated rings. The van der Waals surface area contributed by atoms with Crippen LogP contribution in [0.25, 0.3) is 0 Å². The van der Waals surface area contributed by atoms with E-state index in [4.69, 9.17) is 16.1 Å². The number of hydrogen-bond donors (Lipinski definition) is 0. The molecule has 3 aromatic rings. The zero-order valence-corrected chi connectivity index (χ0v) is 16.3. The summed E-state index contributed by atoms with van der Waals surface area (Å²) in [4.78, 5) is 13.9. The van der Waals surface area contributed by atoms with E-state index >= 15 is 0 Å². The molecule has 4 nitrogen and oxygen atoms in total. The molecule has 0 N–H and O–H groups in total. The third-order valence-corrected chi connectivity index (χ3v) is 6.16. The molecule has 1 aliphatic rings. The van der Waals surface area contributed by atoms with E-state index in [0.717, 1.165) is 24.0 Å². The molecule has 2 aromatic carbocycles. The number of rotatable bonds is 6. The van der Waals surface area contributed by atoms with Crippen LogP contribution in [0.4, 0.5) is 0 Å². The smallest absolute Gasteiger partial charge is 0.198 e. The summed E-state index contributed by atoms with van der Waals surface area (Å²) in [6.45, 7) is 0. The van der Waals surface area contributed by atoms with E-state index in [9.17, 15) is 9.00 Å². The van der Waals surface area contributed by atoms with E-state index < -0.39 is 10.8 Å². The second kappa shape index (κ2) is 7.41. The number of ketones is 1. The molecular weight excluding hydrogens is 382 g/mol. The van der Waals surface area contributed by atoms with Crippen molar-refractivity contribution < 1.29 is 13.5 Å². The minimum atomic E-state index is -1.17. The van der Waals surface area contributed by atoms with Gasteiger partial charge in [-0.2, -0.15) is 0 Å². The van der Waals surface area contributed by atoms with Crippen molar-refractivity contribution in [1.82, 2.24) is 5.16 Å². The van der Waals surface area contributed by atoms with Crippen LogP contribution in [0.3, 0.4) is 0 Å². The number of halogens is 1. The van der Waals surface area contributed by atoms with Crippen LogP contribution in [-0.2, 0) is 17.2 Å². The molecule has 1 saturated carbocycles. The summed E-state index contributed by atoms with van der Waals surface area (Å²) >= 11 is 6.39. The van der Waals surface area contributed by atoms with Gasteiger partial charge in [0.05, 0.1) is 22.6 Å². The molecule has 6 heteroatoms. The fraction of sp³-hybridized carbons (Fsp3) is 0.238. The van der Waals surface area contributed by atoms with E-state index in [-0.39, 0.29) is 5.78 Å². The van der Waals surface area contributed by atoms with Crippen molar-refractivity contribution >= 4 is 28.2 Å². The Morgan fingerprint density at radius 1 is 1.19 bits per heavy atom. The molecule has 1 atom stereocenters. The van der Waals surface area contributed by atoms with Gasteiger partial charge in [-0.3, -0.25) is 9.00 Å². The van der Waals surface area contributed by atoms with Gasteiger partial charge in [-0.25, -0.2) is 0 Å². The van der Waals surface area contributed by atoms with E-state index in [2.05, 4.69) is 5.16 Å². The predicted octanol–water partition coefficient (Wildman–Crippen LogP) is 4.76. The minimum absolute atomic E-state index is 0.0972. The van der Waals surface area contributed by atoms with Gasteiger partial charge in [-0.1, -0.05) is 47.1 Å². The molecule has 0 aliphatic heterocycles. The van der Waals surface area contributed by atoms with E-state index in [0.29, 0.717) is 39.1 Å². The fourth-order valence-corrected chi connectivity index (χ4v) is 4.37. The topological polar surface area (TPSA) is 60.2 Å². The van der Waals surface area contributed by atoms with Crippen LogP contribution in [0.15, 0.2) is 58.1 Å². The zero-order chi connectivity index (χ0) is 19.0. The summed E-state index contributed by atoms with van der Waals surface area (Å²) < 4.78 is 17.4. The highest BCUT2D eigenvalue weighted by molar-refractivity contribution is 7.84. The lowest BCUT2D eigenvalue weighted by Crippen LogP contribution is -2.08. The lowest BCUT2D eigenvalue weighted by molar-refractivity contribution is 0.103. The highest BCUT2D eigenvalue weighted by Gasteiger charge is 2.33. The lowest BCUT2D eigenvalue weighted by Gasteiger charge is -2.13. The Hall–Kier alpha value is -2.24. The molecule has 0 amide bonds. The minimum Gasteiger partial charge on any atom is -0.360 e. The first-order valence-corrected chi connectivity index (χ1v) is 10.7. The molecule has 0 bridgehead atoms. The van der Waals surface area contributed by atoms with Crippen molar-refractivity contribution in [1.29, 1.82) is 0 Å². The lowest BCUT2D eigenvalue weighted by atomic mass is 9.94. The highest BCUT2D eigenvalue weighted by atomic mass is 35.5. The Morgan fingerprint density at radius 3 is 2.70 bits per heavy atom. The summed E-state index contributed by atoms with van der Waals surface area (Å²) in [5, 5.41) is 4.39. The summed E-state index contributed by atoms with van der Waals surface area (Å²) in [6, 6.07) is 12.8. The summed E-state index contributed by atoms with van der Waals surface area (Å²) in [7, 11) is -1.17. The van der Waals surface area contributed by atoms with Gasteiger partial charge >= 0.3 is 0 Å². The third kappa shape index (κ3) is 3.62. The van der Waals surface area contributed by atoms with E-state index in [1.165, 1.54) is 6.20 Å². The number of carbonyl (C=O) groups excluding carboxylic acids is 1. The molecule has 0 saturated heterocycles. The number of nitrogens with zero attached hydrogens (tertiary/aromatic N) is 1. The van der Waals surface area contributed by atoms with Crippen molar-refractivity contribution in [2.75, 3.05) is 6.26 Å². The molecule has 1 aromatic heterocycles. The average molecular weight is 400 g/mol. The Morgan fingerprint density at radius 2 is 1.96 bits per heavy atom. The number of carbonyl (C=O) groups is 1. The van der Waals surface area contributed by atoms with Crippen LogP contribution in [0.2, 0.25) is 5.02 Å². The molecule has 0 spiro atoms. The normalized spacial score (nSPS) is 14.9. The van der Waals surface area contributed by atoms with Crippen molar-refractivity contribution in [3.05, 3.63) is 81.7 Å². The molecule has 27 heavy (non-hydrogen) atoms. The maximum atomic E-state index is 13.2. The van der Waals surface area contributed by atoms with Gasteiger partial charge in [0.15, 0.2) is 11.5 Å². The maximum absolute atomic E-state index is 13.2. The largest absolute Gasteiger partial charge is 0.360 e. The second-order valence-electron chi connectivity index (χ2n) is 6.71. The Kier molecular flexibility index (Phi) is 4.98. The van der Waals surface area contributed by atoms with Crippen LogP contribution in [0, 0.1) is 0 Å². The van der Waals surface area contributed by atoms with Gasteiger partial charge in [0.25, 0.3) is 0 Å².